The number of benzene rings is 2. The van der Waals surface area contributed by atoms with Crippen LogP contribution in [0.25, 0.3) is 0 Å². The number of nitrogens with one attached hydrogen (secondary N) is 1. The van der Waals surface area contributed by atoms with Gasteiger partial charge in [0, 0.05) is 0 Å². The van der Waals surface area contributed by atoms with E-state index in [9.17, 15) is 18.0 Å². The molecule has 2 rings (SSSR count). The highest BCUT2D eigenvalue weighted by Crippen LogP contribution is 2.30. The second-order valence-electron chi connectivity index (χ2n) is 5.69. The standard InChI is InChI=1S/C18H19F3N2O2/c1-17(22,13-5-3-2-4-6-13)16(24)23-11-12-25-15-9-7-14(8-10-15)18(19,20)21/h2-10H,11-12,22H2,1H3,(H,23,24). The van der Waals surface area contributed by atoms with Gasteiger partial charge >= 0.3 is 6.18 Å². The summed E-state index contributed by atoms with van der Waals surface area (Å²) in [6.07, 6.45) is -4.38. The van der Waals surface area contributed by atoms with Crippen molar-refractivity contribution in [2.24, 2.45) is 5.73 Å². The van der Waals surface area contributed by atoms with Gasteiger partial charge in [0.05, 0.1) is 12.1 Å². The van der Waals surface area contributed by atoms with Crippen LogP contribution in [-0.4, -0.2) is 19.1 Å². The van der Waals surface area contributed by atoms with Gasteiger partial charge in [0.15, 0.2) is 0 Å². The van der Waals surface area contributed by atoms with Crippen LogP contribution in [0.15, 0.2) is 54.6 Å². The van der Waals surface area contributed by atoms with Crippen molar-refractivity contribution in [1.29, 1.82) is 0 Å². The summed E-state index contributed by atoms with van der Waals surface area (Å²) in [5.41, 5.74) is 4.82. The Morgan fingerprint density at radius 1 is 1.04 bits per heavy atom. The van der Waals surface area contributed by atoms with Crippen molar-refractivity contribution in [3.63, 3.8) is 0 Å². The Morgan fingerprint density at radius 2 is 1.64 bits per heavy atom. The van der Waals surface area contributed by atoms with E-state index in [1.165, 1.54) is 12.1 Å². The number of carbonyl (C=O) groups excluding carboxylic acids is 1. The molecule has 0 heterocycles. The molecule has 7 heteroatoms. The molecule has 25 heavy (non-hydrogen) atoms. The minimum atomic E-state index is -4.38. The molecule has 2 aromatic rings. The Labute approximate surface area is 143 Å². The largest absolute Gasteiger partial charge is 0.492 e. The summed E-state index contributed by atoms with van der Waals surface area (Å²) >= 11 is 0. The maximum Gasteiger partial charge on any atom is 0.416 e. The Balaban J connectivity index is 1.82. The van der Waals surface area contributed by atoms with Gasteiger partial charge in [-0.25, -0.2) is 0 Å². The van der Waals surface area contributed by atoms with Crippen molar-refractivity contribution < 1.29 is 22.7 Å². The molecule has 0 aliphatic carbocycles. The lowest BCUT2D eigenvalue weighted by Gasteiger charge is -2.24. The van der Waals surface area contributed by atoms with Crippen LogP contribution in [0.1, 0.15) is 18.1 Å². The van der Waals surface area contributed by atoms with Gasteiger partial charge in [-0.15, -0.1) is 0 Å². The molecule has 0 aromatic heterocycles. The normalized spacial score (nSPS) is 13.8. The molecular weight excluding hydrogens is 333 g/mol. The minimum absolute atomic E-state index is 0.113. The fourth-order valence-electron chi connectivity index (χ4n) is 2.17. The number of alkyl halides is 3. The number of carbonyl (C=O) groups is 1. The number of ether oxygens (including phenoxy) is 1. The monoisotopic (exact) mass is 352 g/mol. The molecule has 1 unspecified atom stereocenters. The molecule has 0 saturated heterocycles. The summed E-state index contributed by atoms with van der Waals surface area (Å²) in [4.78, 5) is 12.2. The lowest BCUT2D eigenvalue weighted by Crippen LogP contribution is -2.49. The lowest BCUT2D eigenvalue weighted by molar-refractivity contribution is -0.137. The number of nitrogens with two attached hydrogens (primary N) is 1. The quantitative estimate of drug-likeness (QED) is 0.786. The van der Waals surface area contributed by atoms with Crippen molar-refractivity contribution in [1.82, 2.24) is 5.32 Å². The molecule has 0 fully saturated rings. The molecule has 0 spiro atoms. The first-order chi connectivity index (χ1) is 11.7. The summed E-state index contributed by atoms with van der Waals surface area (Å²) in [5.74, 6) is -0.0736. The fraction of sp³-hybridized carbons (Fsp3) is 0.278. The zero-order valence-corrected chi connectivity index (χ0v) is 13.6. The van der Waals surface area contributed by atoms with Gasteiger partial charge in [0.1, 0.15) is 17.9 Å². The maximum atomic E-state index is 12.5. The zero-order chi connectivity index (χ0) is 18.5. The SMILES string of the molecule is CC(N)(C(=O)NCCOc1ccc(C(F)(F)F)cc1)c1ccccc1. The predicted octanol–water partition coefficient (Wildman–Crippen LogP) is 3.07. The molecule has 1 atom stereocenters. The van der Waals surface area contributed by atoms with Gasteiger partial charge in [-0.2, -0.15) is 13.2 Å². The zero-order valence-electron chi connectivity index (χ0n) is 13.6. The topological polar surface area (TPSA) is 64.4 Å². The first kappa shape index (κ1) is 18.8. The molecule has 0 aliphatic rings. The number of hydrogen-bond acceptors (Lipinski definition) is 3. The van der Waals surface area contributed by atoms with Crippen LogP contribution < -0.4 is 15.8 Å². The molecule has 0 aliphatic heterocycles. The molecule has 0 saturated carbocycles. The highest BCUT2D eigenvalue weighted by molar-refractivity contribution is 5.86. The van der Waals surface area contributed by atoms with E-state index in [0.29, 0.717) is 11.3 Å². The van der Waals surface area contributed by atoms with Gasteiger partial charge in [-0.05, 0) is 36.8 Å². The Hall–Kier alpha value is -2.54. The van der Waals surface area contributed by atoms with Crippen molar-refractivity contribution in [2.45, 2.75) is 18.6 Å². The highest BCUT2D eigenvalue weighted by atomic mass is 19.4. The van der Waals surface area contributed by atoms with Crippen LogP contribution in [-0.2, 0) is 16.5 Å². The first-order valence-electron chi connectivity index (χ1n) is 7.64. The molecule has 3 N–H and O–H groups in total. The molecule has 2 aromatic carbocycles. The van der Waals surface area contributed by atoms with Crippen molar-refractivity contribution >= 4 is 5.91 Å². The van der Waals surface area contributed by atoms with Crippen LogP contribution in [0.3, 0.4) is 0 Å². The van der Waals surface area contributed by atoms with E-state index in [1.807, 2.05) is 6.07 Å². The van der Waals surface area contributed by atoms with Gasteiger partial charge in [-0.1, -0.05) is 30.3 Å². The van der Waals surface area contributed by atoms with E-state index in [0.717, 1.165) is 12.1 Å². The second-order valence-corrected chi connectivity index (χ2v) is 5.69. The summed E-state index contributed by atoms with van der Waals surface area (Å²) in [6, 6.07) is 13.3. The van der Waals surface area contributed by atoms with E-state index in [2.05, 4.69) is 5.32 Å². The lowest BCUT2D eigenvalue weighted by atomic mass is 9.92. The summed E-state index contributed by atoms with van der Waals surface area (Å²) in [7, 11) is 0. The van der Waals surface area contributed by atoms with Crippen LogP contribution in [0, 0.1) is 0 Å². The second kappa shape index (κ2) is 7.57. The first-order valence-corrected chi connectivity index (χ1v) is 7.64. The Bertz CT molecular complexity index is 699. The van der Waals surface area contributed by atoms with Crippen LogP contribution in [0.5, 0.6) is 5.75 Å². The molecule has 0 bridgehead atoms. The number of rotatable bonds is 6. The van der Waals surface area contributed by atoms with Gasteiger partial charge in [0.25, 0.3) is 0 Å². The van der Waals surface area contributed by atoms with Crippen LogP contribution in [0.2, 0.25) is 0 Å². The fourth-order valence-corrected chi connectivity index (χ4v) is 2.17. The van der Waals surface area contributed by atoms with E-state index in [4.69, 9.17) is 10.5 Å². The van der Waals surface area contributed by atoms with E-state index in [1.54, 1.807) is 31.2 Å². The number of hydrogen-bond donors (Lipinski definition) is 2. The Kier molecular flexibility index (Phi) is 5.69. The smallest absolute Gasteiger partial charge is 0.416 e. The third kappa shape index (κ3) is 4.96. The molecule has 134 valence electrons. The van der Waals surface area contributed by atoms with Gasteiger partial charge in [0.2, 0.25) is 5.91 Å². The van der Waals surface area contributed by atoms with Crippen molar-refractivity contribution in [2.75, 3.05) is 13.2 Å². The average molecular weight is 352 g/mol. The summed E-state index contributed by atoms with van der Waals surface area (Å²) in [6.45, 7) is 1.90. The third-order valence-electron chi connectivity index (χ3n) is 3.68. The minimum Gasteiger partial charge on any atom is -0.492 e. The predicted molar refractivity (Wildman–Crippen MR) is 87.9 cm³/mol. The number of amides is 1. The maximum absolute atomic E-state index is 12.5. The summed E-state index contributed by atoms with van der Waals surface area (Å²) in [5, 5.41) is 2.66. The van der Waals surface area contributed by atoms with Crippen molar-refractivity contribution in [3.8, 4) is 5.75 Å². The molecule has 4 nitrogen and oxygen atoms in total. The van der Waals surface area contributed by atoms with Gasteiger partial charge in [-0.3, -0.25) is 4.79 Å². The average Bonchev–Trinajstić information content (AvgIpc) is 2.59. The van der Waals surface area contributed by atoms with E-state index >= 15 is 0 Å². The van der Waals surface area contributed by atoms with Crippen LogP contribution in [0.4, 0.5) is 13.2 Å². The van der Waals surface area contributed by atoms with E-state index < -0.39 is 17.3 Å². The summed E-state index contributed by atoms with van der Waals surface area (Å²) < 4.78 is 42.7. The van der Waals surface area contributed by atoms with Crippen LogP contribution >= 0.6 is 0 Å². The molecule has 1 amide bonds. The third-order valence-corrected chi connectivity index (χ3v) is 3.68. The highest BCUT2D eigenvalue weighted by Gasteiger charge is 2.30. The van der Waals surface area contributed by atoms with Gasteiger partial charge < -0.3 is 15.8 Å². The van der Waals surface area contributed by atoms with E-state index in [-0.39, 0.29) is 19.1 Å². The number of halogens is 3. The molecular formula is C18H19F3N2O2. The molecule has 0 radical (unpaired) electrons. The Morgan fingerprint density at radius 3 is 2.20 bits per heavy atom. The van der Waals surface area contributed by atoms with Crippen molar-refractivity contribution in [3.05, 3.63) is 65.7 Å².